The molecule has 0 aliphatic heterocycles. The van der Waals surface area contributed by atoms with Crippen LogP contribution in [0.25, 0.3) is 17.2 Å². The van der Waals surface area contributed by atoms with Crippen LogP contribution in [0.2, 0.25) is 0 Å². The lowest BCUT2D eigenvalue weighted by atomic mass is 9.98. The number of ether oxygens (including phenoxy) is 1. The predicted octanol–water partition coefficient (Wildman–Crippen LogP) is 6.56. The summed E-state index contributed by atoms with van der Waals surface area (Å²) in [6, 6.07) is 18.3. The summed E-state index contributed by atoms with van der Waals surface area (Å²) in [5.74, 6) is -0.0808. The minimum absolute atomic E-state index is 0.0808. The largest absolute Gasteiger partial charge is 0.449 e. The third kappa shape index (κ3) is 5.34. The van der Waals surface area contributed by atoms with Crippen molar-refractivity contribution in [3.8, 4) is 11.1 Å². The molecule has 4 rings (SSSR count). The van der Waals surface area contributed by atoms with Gasteiger partial charge >= 0.3 is 12.3 Å². The Morgan fingerprint density at radius 1 is 1.03 bits per heavy atom. The van der Waals surface area contributed by atoms with Gasteiger partial charge in [-0.2, -0.15) is 13.2 Å². The molecule has 0 heterocycles. The second-order valence-electron chi connectivity index (χ2n) is 7.97. The van der Waals surface area contributed by atoms with Crippen molar-refractivity contribution in [1.29, 1.82) is 0 Å². The summed E-state index contributed by atoms with van der Waals surface area (Å²) in [7, 11) is 0. The molecule has 0 bridgehead atoms. The molecule has 0 fully saturated rings. The molecule has 3 aromatic carbocycles. The molecule has 1 amide bonds. The van der Waals surface area contributed by atoms with Gasteiger partial charge in [-0.1, -0.05) is 60.7 Å². The topological polar surface area (TPSA) is 81.5 Å². The molecule has 6 nitrogen and oxygen atoms in total. The van der Waals surface area contributed by atoms with Crippen LogP contribution in [0.4, 0.5) is 23.7 Å². The number of nitro benzene ring substituents is 1. The average molecular weight is 482 g/mol. The summed E-state index contributed by atoms with van der Waals surface area (Å²) in [4.78, 5) is 22.3. The van der Waals surface area contributed by atoms with Crippen molar-refractivity contribution in [3.63, 3.8) is 0 Å². The summed E-state index contributed by atoms with van der Waals surface area (Å²) < 4.78 is 45.0. The molecule has 0 unspecified atom stereocenters. The summed E-state index contributed by atoms with van der Waals surface area (Å²) in [5, 5.41) is 13.5. The van der Waals surface area contributed by atoms with E-state index in [1.807, 2.05) is 48.5 Å². The molecule has 0 saturated heterocycles. The van der Waals surface area contributed by atoms with Crippen LogP contribution < -0.4 is 5.32 Å². The molecule has 180 valence electrons. The van der Waals surface area contributed by atoms with E-state index < -0.39 is 28.4 Å². The van der Waals surface area contributed by atoms with E-state index in [4.69, 9.17) is 4.74 Å². The maximum absolute atomic E-state index is 13.2. The Morgan fingerprint density at radius 2 is 1.66 bits per heavy atom. The fourth-order valence-corrected chi connectivity index (χ4v) is 4.18. The van der Waals surface area contributed by atoms with Gasteiger partial charge in [-0.15, -0.1) is 0 Å². The molecule has 1 aliphatic carbocycles. The van der Waals surface area contributed by atoms with Crippen molar-refractivity contribution in [1.82, 2.24) is 5.32 Å². The number of rotatable bonds is 7. The maximum atomic E-state index is 13.2. The van der Waals surface area contributed by atoms with Gasteiger partial charge in [-0.05, 0) is 40.3 Å². The van der Waals surface area contributed by atoms with E-state index >= 15 is 0 Å². The highest BCUT2D eigenvalue weighted by Gasteiger charge is 2.33. The first kappa shape index (κ1) is 24.0. The highest BCUT2D eigenvalue weighted by molar-refractivity contribution is 5.79. The lowest BCUT2D eigenvalue weighted by Crippen LogP contribution is -2.26. The van der Waals surface area contributed by atoms with E-state index in [1.54, 1.807) is 0 Å². The number of amides is 1. The van der Waals surface area contributed by atoms with E-state index in [9.17, 15) is 28.1 Å². The first-order chi connectivity index (χ1) is 16.8. The van der Waals surface area contributed by atoms with E-state index in [0.29, 0.717) is 6.07 Å². The lowest BCUT2D eigenvalue weighted by Gasteiger charge is -2.14. The van der Waals surface area contributed by atoms with Crippen LogP contribution in [0.3, 0.4) is 0 Å². The van der Waals surface area contributed by atoms with Gasteiger partial charge in [0.05, 0.1) is 10.5 Å². The number of carbonyl (C=O) groups excluding carboxylic acids is 1. The van der Waals surface area contributed by atoms with E-state index in [0.717, 1.165) is 40.5 Å². The van der Waals surface area contributed by atoms with Gasteiger partial charge in [0.25, 0.3) is 5.69 Å². The number of fused-ring (bicyclic) bond motifs is 3. The van der Waals surface area contributed by atoms with Gasteiger partial charge < -0.3 is 10.1 Å². The van der Waals surface area contributed by atoms with Gasteiger partial charge in [-0.25, -0.2) is 4.79 Å². The molecule has 0 atom stereocenters. The van der Waals surface area contributed by atoms with Gasteiger partial charge in [-0.3, -0.25) is 10.1 Å². The molecule has 1 N–H and O–H groups in total. The number of alkyl carbamates (subject to hydrolysis) is 1. The quantitative estimate of drug-likeness (QED) is 0.235. The van der Waals surface area contributed by atoms with Crippen LogP contribution in [-0.2, 0) is 10.9 Å². The Hall–Kier alpha value is -4.14. The number of nitro groups is 1. The predicted molar refractivity (Wildman–Crippen MR) is 125 cm³/mol. The first-order valence-electron chi connectivity index (χ1n) is 10.9. The van der Waals surface area contributed by atoms with Gasteiger partial charge in [0.15, 0.2) is 0 Å². The van der Waals surface area contributed by atoms with Gasteiger partial charge in [0, 0.05) is 24.6 Å². The SMILES string of the molecule is O=C(NCCC=Cc1cc([N+](=O)[O-])ccc1C(F)(F)F)OCC1c2ccccc2-c2ccccc21. The Kier molecular flexibility index (Phi) is 6.86. The number of hydrogen-bond acceptors (Lipinski definition) is 4. The minimum atomic E-state index is -4.64. The Labute approximate surface area is 199 Å². The van der Waals surface area contributed by atoms with Crippen LogP contribution >= 0.6 is 0 Å². The first-order valence-corrected chi connectivity index (χ1v) is 10.9. The maximum Gasteiger partial charge on any atom is 0.416 e. The van der Waals surface area contributed by atoms with E-state index in [-0.39, 0.29) is 31.1 Å². The Balaban J connectivity index is 1.32. The summed E-state index contributed by atoms with van der Waals surface area (Å²) in [6.07, 6.45) is -2.49. The highest BCUT2D eigenvalue weighted by atomic mass is 19.4. The second-order valence-corrected chi connectivity index (χ2v) is 7.97. The molecule has 3 aromatic rings. The standard InChI is InChI=1S/C26H21F3N2O4/c27-26(28,29)24-13-12-18(31(33)34)15-17(24)7-5-6-14-30-25(32)35-16-23-21-10-3-1-8-19(21)20-9-2-4-11-22(20)23/h1-5,7-13,15,23H,6,14,16H2,(H,30,32). The molecule has 35 heavy (non-hydrogen) atoms. The fraction of sp³-hybridized carbons (Fsp3) is 0.192. The van der Waals surface area contributed by atoms with Crippen LogP contribution in [0.1, 0.15) is 34.6 Å². The molecular weight excluding hydrogens is 461 g/mol. The van der Waals surface area contributed by atoms with E-state index in [2.05, 4.69) is 5.32 Å². The average Bonchev–Trinajstić information content (AvgIpc) is 3.15. The lowest BCUT2D eigenvalue weighted by molar-refractivity contribution is -0.384. The van der Waals surface area contributed by atoms with Gasteiger partial charge in [0.2, 0.25) is 0 Å². The van der Waals surface area contributed by atoms with Crippen LogP contribution in [0, 0.1) is 10.1 Å². The number of non-ortho nitro benzene ring substituents is 1. The summed E-state index contributed by atoms with van der Waals surface area (Å²) in [5.41, 5.74) is 2.68. The zero-order chi connectivity index (χ0) is 25.0. The number of alkyl halides is 3. The molecule has 0 aromatic heterocycles. The third-order valence-electron chi connectivity index (χ3n) is 5.77. The zero-order valence-corrected chi connectivity index (χ0v) is 18.4. The smallest absolute Gasteiger partial charge is 0.416 e. The Morgan fingerprint density at radius 3 is 2.26 bits per heavy atom. The number of carbonyl (C=O) groups is 1. The van der Waals surface area contributed by atoms with E-state index in [1.165, 1.54) is 6.08 Å². The van der Waals surface area contributed by atoms with Crippen molar-refractivity contribution in [2.75, 3.05) is 13.2 Å². The number of benzene rings is 3. The van der Waals surface area contributed by atoms with Crippen LogP contribution in [0.5, 0.6) is 0 Å². The normalized spacial score (nSPS) is 12.9. The van der Waals surface area contributed by atoms with Crippen molar-refractivity contribution >= 4 is 17.9 Å². The number of nitrogens with one attached hydrogen (secondary N) is 1. The molecule has 0 spiro atoms. The summed E-state index contributed by atoms with van der Waals surface area (Å²) in [6.45, 7) is 0.280. The number of hydrogen-bond donors (Lipinski definition) is 1. The minimum Gasteiger partial charge on any atom is -0.449 e. The molecular formula is C26H21F3N2O4. The molecule has 1 aliphatic rings. The number of halogens is 3. The van der Waals surface area contributed by atoms with Crippen molar-refractivity contribution < 1.29 is 27.6 Å². The number of nitrogens with zero attached hydrogens (tertiary/aromatic N) is 1. The van der Waals surface area contributed by atoms with Crippen molar-refractivity contribution in [2.45, 2.75) is 18.5 Å². The third-order valence-corrected chi connectivity index (χ3v) is 5.77. The van der Waals surface area contributed by atoms with Crippen LogP contribution in [-0.4, -0.2) is 24.2 Å². The fourth-order valence-electron chi connectivity index (χ4n) is 4.18. The van der Waals surface area contributed by atoms with Crippen molar-refractivity contribution in [2.24, 2.45) is 0 Å². The molecule has 9 heteroatoms. The molecule has 0 saturated carbocycles. The van der Waals surface area contributed by atoms with Gasteiger partial charge in [0.1, 0.15) is 6.61 Å². The zero-order valence-electron chi connectivity index (χ0n) is 18.4. The summed E-state index contributed by atoms with van der Waals surface area (Å²) >= 11 is 0. The van der Waals surface area contributed by atoms with Crippen molar-refractivity contribution in [3.05, 3.63) is 105 Å². The Bertz CT molecular complexity index is 1240. The highest BCUT2D eigenvalue weighted by Crippen LogP contribution is 2.44. The second kappa shape index (κ2) is 10.0. The monoisotopic (exact) mass is 482 g/mol. The van der Waals surface area contributed by atoms with Crippen LogP contribution in [0.15, 0.2) is 72.8 Å². The molecule has 0 radical (unpaired) electrons.